The molecule has 1 unspecified atom stereocenters. The lowest BCUT2D eigenvalue weighted by Gasteiger charge is -2.29. The second-order valence-electron chi connectivity index (χ2n) is 7.68. The number of carbonyl (C=O) groups excluding carboxylic acids is 1. The first-order valence-corrected chi connectivity index (χ1v) is 11.5. The number of hydrogen-bond acceptors (Lipinski definition) is 7. The van der Waals surface area contributed by atoms with Gasteiger partial charge in [0.1, 0.15) is 17.5 Å². The Hall–Kier alpha value is -4.11. The van der Waals surface area contributed by atoms with Crippen LogP contribution in [0, 0.1) is 0 Å². The third kappa shape index (κ3) is 3.90. The molecule has 2 aromatic heterocycles. The van der Waals surface area contributed by atoms with E-state index in [9.17, 15) is 4.79 Å². The van der Waals surface area contributed by atoms with Gasteiger partial charge in [-0.05, 0) is 48.7 Å². The number of carbonyl (C=O) groups is 1. The van der Waals surface area contributed by atoms with Crippen molar-refractivity contribution in [3.63, 3.8) is 0 Å². The van der Waals surface area contributed by atoms with Crippen LogP contribution in [0.5, 0.6) is 11.5 Å². The predicted molar refractivity (Wildman–Crippen MR) is 132 cm³/mol. The zero-order valence-corrected chi connectivity index (χ0v) is 19.7. The number of para-hydroxylation sites is 1. The first kappa shape index (κ1) is 21.7. The lowest BCUT2D eigenvalue weighted by molar-refractivity contribution is -0.113. The summed E-state index contributed by atoms with van der Waals surface area (Å²) in [5.41, 5.74) is 2.63. The highest BCUT2D eigenvalue weighted by atomic mass is 32.1. The minimum atomic E-state index is -0.591. The van der Waals surface area contributed by atoms with Crippen LogP contribution in [0.1, 0.15) is 18.5 Å². The number of rotatable bonds is 6. The number of fused-ring (bicyclic) bond motifs is 1. The molecule has 172 valence electrons. The fourth-order valence-electron chi connectivity index (χ4n) is 4.02. The van der Waals surface area contributed by atoms with E-state index >= 15 is 0 Å². The number of aromatic nitrogens is 3. The Morgan fingerprint density at radius 3 is 2.62 bits per heavy atom. The Kier molecular flexibility index (Phi) is 5.77. The van der Waals surface area contributed by atoms with E-state index in [0.29, 0.717) is 40.2 Å². The molecule has 0 aliphatic carbocycles. The summed E-state index contributed by atoms with van der Waals surface area (Å²) in [4.78, 5) is 19.3. The maximum absolute atomic E-state index is 13.6. The Morgan fingerprint density at radius 1 is 1.09 bits per heavy atom. The molecule has 34 heavy (non-hydrogen) atoms. The number of methoxy groups -OCH3 is 2. The number of nitrogens with zero attached hydrogens (tertiary/aromatic N) is 3. The van der Waals surface area contributed by atoms with Crippen LogP contribution < -0.4 is 20.1 Å². The van der Waals surface area contributed by atoms with Crippen LogP contribution in [0.4, 0.5) is 11.6 Å². The largest absolute Gasteiger partial charge is 0.497 e. The molecule has 1 aliphatic heterocycles. The van der Waals surface area contributed by atoms with E-state index in [-0.39, 0.29) is 5.91 Å². The summed E-state index contributed by atoms with van der Waals surface area (Å²) in [7, 11) is 3.21. The number of amides is 1. The number of allylic oxidation sites excluding steroid dienone is 1. The lowest BCUT2D eigenvalue weighted by Crippen LogP contribution is -2.31. The smallest absolute Gasteiger partial charge is 0.255 e. The molecular formula is C25H23N5O3S. The summed E-state index contributed by atoms with van der Waals surface area (Å²) in [5.74, 6) is 2.15. The highest BCUT2D eigenvalue weighted by Crippen LogP contribution is 2.41. The summed E-state index contributed by atoms with van der Waals surface area (Å²) in [6.45, 7) is 1.86. The van der Waals surface area contributed by atoms with Crippen LogP contribution in [0.3, 0.4) is 0 Å². The van der Waals surface area contributed by atoms with Crippen molar-refractivity contribution in [3.8, 4) is 22.2 Å². The van der Waals surface area contributed by atoms with Crippen molar-refractivity contribution in [2.24, 2.45) is 0 Å². The Morgan fingerprint density at radius 2 is 1.91 bits per heavy atom. The van der Waals surface area contributed by atoms with Crippen LogP contribution in [0.2, 0.25) is 0 Å². The second kappa shape index (κ2) is 9.03. The summed E-state index contributed by atoms with van der Waals surface area (Å²) < 4.78 is 12.9. The number of nitrogens with one attached hydrogen (secondary N) is 2. The molecule has 4 aromatic rings. The highest BCUT2D eigenvalue weighted by Gasteiger charge is 2.36. The van der Waals surface area contributed by atoms with Crippen LogP contribution in [0.25, 0.3) is 10.7 Å². The summed E-state index contributed by atoms with van der Waals surface area (Å²) >= 11 is 1.56. The van der Waals surface area contributed by atoms with Gasteiger partial charge in [0.2, 0.25) is 5.95 Å². The predicted octanol–water partition coefficient (Wildman–Crippen LogP) is 4.95. The summed E-state index contributed by atoms with van der Waals surface area (Å²) in [5, 5.41) is 13.0. The van der Waals surface area contributed by atoms with Crippen molar-refractivity contribution < 1.29 is 14.3 Å². The van der Waals surface area contributed by atoms with Gasteiger partial charge in [0.25, 0.3) is 5.91 Å². The average molecular weight is 474 g/mol. The average Bonchev–Trinajstić information content (AvgIpc) is 3.53. The molecule has 1 atom stereocenters. The number of hydrogen-bond donors (Lipinski definition) is 2. The maximum Gasteiger partial charge on any atom is 0.255 e. The van der Waals surface area contributed by atoms with Crippen molar-refractivity contribution >= 4 is 28.9 Å². The van der Waals surface area contributed by atoms with Gasteiger partial charge in [-0.2, -0.15) is 4.98 Å². The first-order valence-electron chi connectivity index (χ1n) is 10.7. The fraction of sp³-hybridized carbons (Fsp3) is 0.160. The SMILES string of the molecule is COc1ccc(OC)c(C2C(C(=O)Nc3ccccc3)=C(C)Nc3nc(-c4cccs4)nn32)c1. The Labute approximate surface area is 200 Å². The van der Waals surface area contributed by atoms with E-state index < -0.39 is 6.04 Å². The molecule has 3 heterocycles. The molecule has 0 saturated heterocycles. The van der Waals surface area contributed by atoms with Crippen LogP contribution in [-0.4, -0.2) is 34.9 Å². The number of thiophene rings is 1. The van der Waals surface area contributed by atoms with Crippen molar-refractivity contribution in [2.75, 3.05) is 24.9 Å². The van der Waals surface area contributed by atoms with Crippen molar-refractivity contribution in [3.05, 3.63) is 82.9 Å². The fourth-order valence-corrected chi connectivity index (χ4v) is 4.67. The minimum absolute atomic E-state index is 0.245. The molecule has 8 nitrogen and oxygen atoms in total. The van der Waals surface area contributed by atoms with E-state index in [2.05, 4.69) is 10.6 Å². The zero-order valence-electron chi connectivity index (χ0n) is 18.9. The molecule has 2 aromatic carbocycles. The molecule has 0 fully saturated rings. The second-order valence-corrected chi connectivity index (χ2v) is 8.62. The van der Waals surface area contributed by atoms with E-state index in [1.165, 1.54) is 0 Å². The number of anilines is 2. The lowest BCUT2D eigenvalue weighted by atomic mass is 9.94. The Balaban J connectivity index is 1.67. The van der Waals surface area contributed by atoms with E-state index in [1.807, 2.05) is 73.0 Å². The third-order valence-corrected chi connectivity index (χ3v) is 6.47. The zero-order chi connectivity index (χ0) is 23.7. The highest BCUT2D eigenvalue weighted by molar-refractivity contribution is 7.13. The third-order valence-electron chi connectivity index (χ3n) is 5.60. The monoisotopic (exact) mass is 473 g/mol. The molecule has 1 amide bonds. The van der Waals surface area contributed by atoms with E-state index in [4.69, 9.17) is 19.6 Å². The van der Waals surface area contributed by atoms with Crippen LogP contribution in [-0.2, 0) is 4.79 Å². The normalized spacial score (nSPS) is 14.9. The molecular weight excluding hydrogens is 450 g/mol. The van der Waals surface area contributed by atoms with E-state index in [0.717, 1.165) is 10.4 Å². The van der Waals surface area contributed by atoms with Gasteiger partial charge in [0.05, 0.1) is 24.7 Å². The van der Waals surface area contributed by atoms with E-state index in [1.54, 1.807) is 30.2 Å². The van der Waals surface area contributed by atoms with Gasteiger partial charge >= 0.3 is 0 Å². The summed E-state index contributed by atoms with van der Waals surface area (Å²) in [6, 6.07) is 18.2. The van der Waals surface area contributed by atoms with Crippen molar-refractivity contribution in [2.45, 2.75) is 13.0 Å². The molecule has 0 spiro atoms. The van der Waals surface area contributed by atoms with Crippen LogP contribution >= 0.6 is 11.3 Å². The molecule has 0 bridgehead atoms. The number of benzene rings is 2. The van der Waals surface area contributed by atoms with Crippen molar-refractivity contribution in [1.82, 2.24) is 14.8 Å². The van der Waals surface area contributed by atoms with Crippen molar-refractivity contribution in [1.29, 1.82) is 0 Å². The van der Waals surface area contributed by atoms with Gasteiger partial charge in [0.15, 0.2) is 5.82 Å². The standard InChI is InChI=1S/C25H23N5O3S/c1-15-21(24(31)27-16-8-5-4-6-9-16)22(18-14-17(32-2)11-12-19(18)33-3)30-25(26-15)28-23(29-30)20-10-7-13-34-20/h4-14,22H,1-3H3,(H,27,31)(H,26,28,29). The van der Waals surface area contributed by atoms with Gasteiger partial charge in [-0.3, -0.25) is 4.79 Å². The quantitative estimate of drug-likeness (QED) is 0.412. The maximum atomic E-state index is 13.6. The number of ether oxygens (including phenoxy) is 2. The molecule has 0 radical (unpaired) electrons. The molecule has 0 saturated carbocycles. The first-order chi connectivity index (χ1) is 16.6. The molecule has 9 heteroatoms. The summed E-state index contributed by atoms with van der Waals surface area (Å²) in [6.07, 6.45) is 0. The molecule has 1 aliphatic rings. The topological polar surface area (TPSA) is 90.3 Å². The Bertz CT molecular complexity index is 1360. The van der Waals surface area contributed by atoms with Gasteiger partial charge in [-0.25, -0.2) is 4.68 Å². The molecule has 5 rings (SSSR count). The van der Waals surface area contributed by atoms with Gasteiger partial charge < -0.3 is 20.1 Å². The van der Waals surface area contributed by atoms with Gasteiger partial charge in [-0.1, -0.05) is 24.3 Å². The molecule has 2 N–H and O–H groups in total. The minimum Gasteiger partial charge on any atom is -0.497 e. The van der Waals surface area contributed by atoms with Crippen LogP contribution in [0.15, 0.2) is 77.3 Å². The van der Waals surface area contributed by atoms with Gasteiger partial charge in [0, 0.05) is 16.9 Å². The van der Waals surface area contributed by atoms with Gasteiger partial charge in [-0.15, -0.1) is 16.4 Å².